The molecule has 0 saturated carbocycles. The maximum Gasteiger partial charge on any atom is 0.253 e. The number of benzene rings is 1. The molecule has 146 valence electrons. The van der Waals surface area contributed by atoms with Gasteiger partial charge in [-0.15, -0.1) is 0 Å². The van der Waals surface area contributed by atoms with Crippen LogP contribution in [0.4, 0.5) is 0 Å². The molecule has 6 nitrogen and oxygen atoms in total. The van der Waals surface area contributed by atoms with Gasteiger partial charge in [-0.3, -0.25) is 9.69 Å². The van der Waals surface area contributed by atoms with Crippen molar-refractivity contribution in [3.05, 3.63) is 29.3 Å². The van der Waals surface area contributed by atoms with Gasteiger partial charge in [0.1, 0.15) is 0 Å². The lowest BCUT2D eigenvalue weighted by molar-refractivity contribution is 0.0755. The second-order valence-electron chi connectivity index (χ2n) is 7.10. The summed E-state index contributed by atoms with van der Waals surface area (Å²) >= 11 is 0. The van der Waals surface area contributed by atoms with E-state index in [1.165, 1.54) is 6.07 Å². The molecule has 1 saturated heterocycles. The Kier molecular flexibility index (Phi) is 7.20. The molecule has 7 heteroatoms. The minimum atomic E-state index is -3.66. The zero-order valence-corrected chi connectivity index (χ0v) is 17.1. The van der Waals surface area contributed by atoms with E-state index in [-0.39, 0.29) is 16.8 Å². The molecule has 26 heavy (non-hydrogen) atoms. The van der Waals surface area contributed by atoms with Crippen molar-refractivity contribution in [2.45, 2.75) is 51.5 Å². The third kappa shape index (κ3) is 5.53. The first-order chi connectivity index (χ1) is 12.3. The molecule has 0 spiro atoms. The lowest BCUT2D eigenvalue weighted by Crippen LogP contribution is -2.38. The number of hydrogen-bond donors (Lipinski definition) is 1. The molecule has 1 heterocycles. The maximum absolute atomic E-state index is 12.8. The Morgan fingerprint density at radius 2 is 1.85 bits per heavy atom. The summed E-state index contributed by atoms with van der Waals surface area (Å²) in [6.45, 7) is 11.8. The quantitative estimate of drug-likeness (QED) is 0.631. The zero-order chi connectivity index (χ0) is 19.3. The fourth-order valence-corrected chi connectivity index (χ4v) is 4.57. The molecular formula is C19H31N3O3S. The van der Waals surface area contributed by atoms with Gasteiger partial charge in [-0.25, -0.2) is 13.1 Å². The third-order valence-corrected chi connectivity index (χ3v) is 6.16. The van der Waals surface area contributed by atoms with Crippen molar-refractivity contribution in [2.24, 2.45) is 0 Å². The van der Waals surface area contributed by atoms with E-state index in [0.29, 0.717) is 30.8 Å². The molecule has 1 N–H and O–H groups in total. The van der Waals surface area contributed by atoms with Crippen LogP contribution < -0.4 is 4.72 Å². The van der Waals surface area contributed by atoms with Crippen molar-refractivity contribution in [3.63, 3.8) is 0 Å². The normalized spacial score (nSPS) is 15.7. The summed E-state index contributed by atoms with van der Waals surface area (Å²) in [5, 5.41) is 0. The number of sulfonamides is 1. The van der Waals surface area contributed by atoms with Gasteiger partial charge in [-0.1, -0.05) is 19.9 Å². The highest BCUT2D eigenvalue weighted by Crippen LogP contribution is 2.19. The standard InChI is InChI=1S/C19H31N3O3S/c1-5-9-22(10-6-2)19(23)17-8-7-15(3)18(13-17)26(24,25)20-16(4)14-21-11-12-21/h7-8,13,16,20H,5-6,9-12,14H2,1-4H3/t16-/m0/s1. The number of amides is 1. The third-order valence-electron chi connectivity index (χ3n) is 4.43. The van der Waals surface area contributed by atoms with E-state index in [9.17, 15) is 13.2 Å². The Morgan fingerprint density at radius 3 is 2.38 bits per heavy atom. The molecule has 0 radical (unpaired) electrons. The summed E-state index contributed by atoms with van der Waals surface area (Å²) in [5.41, 5.74) is 1.07. The van der Waals surface area contributed by atoms with Crippen LogP contribution in [0.2, 0.25) is 0 Å². The number of carbonyl (C=O) groups excluding carboxylic acids is 1. The number of rotatable bonds is 10. The zero-order valence-electron chi connectivity index (χ0n) is 16.3. The molecule has 0 aliphatic carbocycles. The molecule has 1 fully saturated rings. The van der Waals surface area contributed by atoms with Gasteiger partial charge in [0.15, 0.2) is 0 Å². The van der Waals surface area contributed by atoms with E-state index in [4.69, 9.17) is 0 Å². The van der Waals surface area contributed by atoms with Crippen LogP contribution in [0.1, 0.15) is 49.5 Å². The summed E-state index contributed by atoms with van der Waals surface area (Å²) < 4.78 is 28.3. The molecule has 0 bridgehead atoms. The van der Waals surface area contributed by atoms with Crippen LogP contribution in [-0.4, -0.2) is 62.9 Å². The van der Waals surface area contributed by atoms with Crippen LogP contribution in [0, 0.1) is 6.92 Å². The Bertz CT molecular complexity index is 724. The van der Waals surface area contributed by atoms with E-state index in [1.54, 1.807) is 24.0 Å². The molecule has 1 aromatic carbocycles. The van der Waals surface area contributed by atoms with E-state index in [0.717, 1.165) is 25.9 Å². The summed E-state index contributed by atoms with van der Waals surface area (Å²) in [6.07, 6.45) is 1.75. The Hall–Kier alpha value is -1.44. The first-order valence-corrected chi connectivity index (χ1v) is 10.9. The van der Waals surface area contributed by atoms with Crippen molar-refractivity contribution >= 4 is 15.9 Å². The molecule has 1 aliphatic rings. The van der Waals surface area contributed by atoms with Crippen LogP contribution in [0.25, 0.3) is 0 Å². The van der Waals surface area contributed by atoms with E-state index in [1.807, 2.05) is 20.8 Å². The van der Waals surface area contributed by atoms with E-state index < -0.39 is 10.0 Å². The molecule has 1 aromatic rings. The smallest absolute Gasteiger partial charge is 0.253 e. The molecular weight excluding hydrogens is 350 g/mol. The molecule has 1 amide bonds. The summed E-state index contributed by atoms with van der Waals surface area (Å²) in [7, 11) is -3.66. The van der Waals surface area contributed by atoms with Gasteiger partial charge in [-0.05, 0) is 44.4 Å². The van der Waals surface area contributed by atoms with Crippen molar-refractivity contribution in [1.29, 1.82) is 0 Å². The number of nitrogens with zero attached hydrogens (tertiary/aromatic N) is 2. The van der Waals surface area contributed by atoms with Crippen LogP contribution in [0.5, 0.6) is 0 Å². The highest BCUT2D eigenvalue weighted by atomic mass is 32.2. The van der Waals surface area contributed by atoms with Gasteiger partial charge < -0.3 is 4.90 Å². The van der Waals surface area contributed by atoms with Crippen molar-refractivity contribution in [1.82, 2.24) is 14.5 Å². The van der Waals surface area contributed by atoms with Crippen molar-refractivity contribution in [2.75, 3.05) is 32.7 Å². The molecule has 1 atom stereocenters. The first-order valence-electron chi connectivity index (χ1n) is 9.43. The topological polar surface area (TPSA) is 69.5 Å². The fraction of sp³-hybridized carbons (Fsp3) is 0.632. The van der Waals surface area contributed by atoms with Crippen LogP contribution in [0.3, 0.4) is 0 Å². The number of aryl methyl sites for hydroxylation is 1. The second kappa shape index (κ2) is 8.97. The van der Waals surface area contributed by atoms with Gasteiger partial charge in [0.05, 0.1) is 4.90 Å². The van der Waals surface area contributed by atoms with E-state index in [2.05, 4.69) is 9.62 Å². The largest absolute Gasteiger partial charge is 0.339 e. The van der Waals surface area contributed by atoms with Crippen molar-refractivity contribution in [3.8, 4) is 0 Å². The predicted octanol–water partition coefficient (Wildman–Crippen LogP) is 2.24. The minimum Gasteiger partial charge on any atom is -0.339 e. The summed E-state index contributed by atoms with van der Waals surface area (Å²) in [5.74, 6) is -0.109. The highest BCUT2D eigenvalue weighted by Gasteiger charge is 2.25. The highest BCUT2D eigenvalue weighted by molar-refractivity contribution is 7.89. The van der Waals surface area contributed by atoms with E-state index >= 15 is 0 Å². The van der Waals surface area contributed by atoms with Crippen LogP contribution in [0.15, 0.2) is 23.1 Å². The van der Waals surface area contributed by atoms with Crippen LogP contribution in [-0.2, 0) is 10.0 Å². The van der Waals surface area contributed by atoms with Gasteiger partial charge in [0, 0.05) is 44.3 Å². The SMILES string of the molecule is CCCN(CCC)C(=O)c1ccc(C)c(S(=O)(=O)N[C@@H](C)CN2CC2)c1. The van der Waals surface area contributed by atoms with Crippen LogP contribution >= 0.6 is 0 Å². The lowest BCUT2D eigenvalue weighted by atomic mass is 10.1. The maximum atomic E-state index is 12.8. The Balaban J connectivity index is 2.23. The summed E-state index contributed by atoms with van der Waals surface area (Å²) in [6, 6.07) is 4.78. The minimum absolute atomic E-state index is 0.109. The number of carbonyl (C=O) groups is 1. The Labute approximate surface area is 157 Å². The van der Waals surface area contributed by atoms with Gasteiger partial charge in [-0.2, -0.15) is 0 Å². The van der Waals surface area contributed by atoms with Gasteiger partial charge in [0.2, 0.25) is 10.0 Å². The molecule has 0 aromatic heterocycles. The molecule has 0 unspecified atom stereocenters. The second-order valence-corrected chi connectivity index (χ2v) is 8.78. The number of hydrogen-bond acceptors (Lipinski definition) is 4. The van der Waals surface area contributed by atoms with Gasteiger partial charge >= 0.3 is 0 Å². The average Bonchev–Trinajstić information content (AvgIpc) is 3.37. The summed E-state index contributed by atoms with van der Waals surface area (Å²) in [4.78, 5) is 16.9. The fourth-order valence-electron chi connectivity index (χ4n) is 3.07. The number of nitrogens with one attached hydrogen (secondary N) is 1. The monoisotopic (exact) mass is 381 g/mol. The predicted molar refractivity (Wildman–Crippen MR) is 104 cm³/mol. The van der Waals surface area contributed by atoms with Crippen molar-refractivity contribution < 1.29 is 13.2 Å². The average molecular weight is 382 g/mol. The molecule has 2 rings (SSSR count). The lowest BCUT2D eigenvalue weighted by Gasteiger charge is -2.22. The van der Waals surface area contributed by atoms with Gasteiger partial charge in [0.25, 0.3) is 5.91 Å². The molecule has 1 aliphatic heterocycles. The Morgan fingerprint density at radius 1 is 1.23 bits per heavy atom. The first kappa shape index (κ1) is 20.9.